The van der Waals surface area contributed by atoms with E-state index in [1.54, 1.807) is 0 Å². The van der Waals surface area contributed by atoms with Crippen molar-refractivity contribution >= 4 is 25.2 Å². The summed E-state index contributed by atoms with van der Waals surface area (Å²) in [7, 11) is -2.16. The van der Waals surface area contributed by atoms with Crippen molar-refractivity contribution in [1.29, 1.82) is 0 Å². The molecule has 0 amide bonds. The lowest BCUT2D eigenvalue weighted by Gasteiger charge is -2.31. The van der Waals surface area contributed by atoms with Crippen molar-refractivity contribution in [3.63, 3.8) is 0 Å². The molecule has 1 saturated heterocycles. The molecule has 0 aromatic heterocycles. The predicted octanol–water partition coefficient (Wildman–Crippen LogP) is 3.43. The van der Waals surface area contributed by atoms with E-state index in [1.165, 1.54) is 5.19 Å². The van der Waals surface area contributed by atoms with E-state index in [2.05, 4.69) is 25.2 Å². The van der Waals surface area contributed by atoms with E-state index in [0.29, 0.717) is 0 Å². The molecule has 0 bridgehead atoms. The molecule has 1 aromatic carbocycles. The molecule has 25 heavy (non-hydrogen) atoms. The average Bonchev–Trinajstić information content (AvgIpc) is 2.83. The first-order valence-electron chi connectivity index (χ1n) is 8.79. The molecular weight excluding hydrogens is 332 g/mol. The lowest BCUT2D eigenvalue weighted by Crippen LogP contribution is -2.49. The topological polar surface area (TPSA) is 52.6 Å². The van der Waals surface area contributed by atoms with Crippen molar-refractivity contribution in [2.45, 2.75) is 51.9 Å². The first kappa shape index (κ1) is 19.4. The molecule has 0 N–H and O–H groups in total. The minimum Gasteiger partial charge on any atom is -0.462 e. The van der Waals surface area contributed by atoms with Gasteiger partial charge in [-0.3, -0.25) is 4.79 Å². The first-order chi connectivity index (χ1) is 11.7. The van der Waals surface area contributed by atoms with Crippen LogP contribution in [-0.2, 0) is 19.1 Å². The van der Waals surface area contributed by atoms with E-state index in [0.717, 1.165) is 6.42 Å². The summed E-state index contributed by atoms with van der Waals surface area (Å²) in [5, 5.41) is 1.19. The Morgan fingerprint density at radius 2 is 2.00 bits per heavy atom. The third-order valence-corrected chi connectivity index (χ3v) is 8.66. The number of carbonyl (C=O) groups is 2. The van der Waals surface area contributed by atoms with E-state index >= 15 is 0 Å². The predicted molar refractivity (Wildman–Crippen MR) is 101 cm³/mol. The molecule has 4 nitrogen and oxygen atoms in total. The summed E-state index contributed by atoms with van der Waals surface area (Å²) in [5.41, 5.74) is -0.844. The number of esters is 2. The van der Waals surface area contributed by atoms with Crippen LogP contribution in [0.5, 0.6) is 0 Å². The summed E-state index contributed by atoms with van der Waals surface area (Å²) in [6, 6.07) is 10.1. The molecule has 1 aliphatic heterocycles. The number of hydrogen-bond acceptors (Lipinski definition) is 4. The molecule has 0 spiro atoms. The van der Waals surface area contributed by atoms with Gasteiger partial charge in [-0.25, -0.2) is 4.79 Å². The van der Waals surface area contributed by atoms with Crippen molar-refractivity contribution < 1.29 is 19.1 Å². The van der Waals surface area contributed by atoms with Gasteiger partial charge in [-0.15, -0.1) is 0 Å². The summed E-state index contributed by atoms with van der Waals surface area (Å²) in [6.45, 7) is 10.4. The highest BCUT2D eigenvalue weighted by Gasteiger charge is 2.48. The van der Waals surface area contributed by atoms with Gasteiger partial charge < -0.3 is 9.47 Å². The van der Waals surface area contributed by atoms with E-state index < -0.39 is 25.6 Å². The zero-order valence-corrected chi connectivity index (χ0v) is 16.7. The Kier molecular flexibility index (Phi) is 5.88. The Bertz CT molecular complexity index is 649. The van der Waals surface area contributed by atoms with Gasteiger partial charge >= 0.3 is 11.9 Å². The molecule has 5 heteroatoms. The second-order valence-corrected chi connectivity index (χ2v) is 12.5. The number of cyclic esters (lactones) is 1. The highest BCUT2D eigenvalue weighted by molar-refractivity contribution is 6.93. The van der Waals surface area contributed by atoms with Crippen LogP contribution >= 0.6 is 0 Å². The molecule has 136 valence electrons. The fraction of sp³-hybridized carbons (Fsp3) is 0.500. The third-order valence-electron chi connectivity index (χ3n) is 4.86. The van der Waals surface area contributed by atoms with Crippen molar-refractivity contribution in [2.75, 3.05) is 6.61 Å². The van der Waals surface area contributed by atoms with Gasteiger partial charge in [0, 0.05) is 5.41 Å². The standard InChI is InChI=1S/C20H28O4Si/c1-6-7-13-16(25(4,5)15-11-9-8-10-12-15)18(21)24-17-19(22)23-14-20(17,2)3/h7-13,16-17H,6,14H2,1-5H3/b13-7-/t16-,17-/m0/s1. The number of rotatable bonds is 6. The van der Waals surface area contributed by atoms with Gasteiger partial charge in [-0.1, -0.05) is 81.5 Å². The Morgan fingerprint density at radius 3 is 2.52 bits per heavy atom. The molecular formula is C20H28O4Si. The molecule has 0 radical (unpaired) electrons. The molecule has 0 unspecified atom stereocenters. The van der Waals surface area contributed by atoms with E-state index in [4.69, 9.17) is 9.47 Å². The SMILES string of the molecule is CC/C=C\[C@@H](C(=O)O[C@H]1C(=O)OCC1(C)C)[Si](C)(C)c1ccccc1. The van der Waals surface area contributed by atoms with Gasteiger partial charge in [0.05, 0.1) is 5.54 Å². The van der Waals surface area contributed by atoms with Crippen molar-refractivity contribution in [3.05, 3.63) is 42.5 Å². The third kappa shape index (κ3) is 4.21. The van der Waals surface area contributed by atoms with E-state index in [1.807, 2.05) is 51.1 Å². The fourth-order valence-electron chi connectivity index (χ4n) is 3.06. The van der Waals surface area contributed by atoms with Gasteiger partial charge in [-0.05, 0) is 6.42 Å². The summed E-state index contributed by atoms with van der Waals surface area (Å²) >= 11 is 0. The van der Waals surface area contributed by atoms with Crippen LogP contribution < -0.4 is 5.19 Å². The highest BCUT2D eigenvalue weighted by atomic mass is 28.3. The number of ether oxygens (including phenoxy) is 2. The molecule has 1 fully saturated rings. The molecule has 1 heterocycles. The Labute approximate surface area is 151 Å². The maximum atomic E-state index is 13.0. The molecule has 0 saturated carbocycles. The first-order valence-corrected chi connectivity index (χ1v) is 11.9. The summed E-state index contributed by atoms with van der Waals surface area (Å²) in [6.07, 6.45) is 3.97. The normalized spacial score (nSPS) is 21.2. The van der Waals surface area contributed by atoms with Crippen LogP contribution in [0.1, 0.15) is 27.2 Å². The molecule has 2 atom stereocenters. The van der Waals surface area contributed by atoms with Crippen LogP contribution in [0.25, 0.3) is 0 Å². The zero-order valence-electron chi connectivity index (χ0n) is 15.7. The van der Waals surface area contributed by atoms with Gasteiger partial charge in [0.2, 0.25) is 6.10 Å². The largest absolute Gasteiger partial charge is 0.462 e. The van der Waals surface area contributed by atoms with Gasteiger partial charge in [-0.2, -0.15) is 0 Å². The summed E-state index contributed by atoms with van der Waals surface area (Å²) in [5.74, 6) is -0.780. The average molecular weight is 361 g/mol. The number of carbonyl (C=O) groups excluding carboxylic acids is 2. The monoisotopic (exact) mass is 360 g/mol. The maximum absolute atomic E-state index is 13.0. The van der Waals surface area contributed by atoms with Crippen molar-refractivity contribution in [1.82, 2.24) is 0 Å². The van der Waals surface area contributed by atoms with Crippen LogP contribution in [0.3, 0.4) is 0 Å². The Hall–Kier alpha value is -1.88. The second kappa shape index (κ2) is 7.56. The van der Waals surface area contributed by atoms with Crippen LogP contribution in [0.15, 0.2) is 42.5 Å². The second-order valence-electron chi connectivity index (χ2n) is 7.82. The Morgan fingerprint density at radius 1 is 1.36 bits per heavy atom. The quantitative estimate of drug-likeness (QED) is 0.443. The Balaban J connectivity index is 2.29. The molecule has 1 aliphatic rings. The number of allylic oxidation sites excluding steroid dienone is 1. The summed E-state index contributed by atoms with van der Waals surface area (Å²) < 4.78 is 10.8. The smallest absolute Gasteiger partial charge is 0.348 e. The fourth-order valence-corrected chi connectivity index (χ4v) is 5.74. The zero-order chi connectivity index (χ0) is 18.7. The van der Waals surface area contributed by atoms with Crippen LogP contribution in [0, 0.1) is 5.41 Å². The van der Waals surface area contributed by atoms with Gasteiger partial charge in [0.1, 0.15) is 14.7 Å². The molecule has 2 rings (SSSR count). The maximum Gasteiger partial charge on any atom is 0.348 e. The summed E-state index contributed by atoms with van der Waals surface area (Å²) in [4.78, 5) is 25.0. The van der Waals surface area contributed by atoms with Crippen molar-refractivity contribution in [3.8, 4) is 0 Å². The van der Waals surface area contributed by atoms with Crippen LogP contribution in [0.2, 0.25) is 18.6 Å². The highest BCUT2D eigenvalue weighted by Crippen LogP contribution is 2.34. The van der Waals surface area contributed by atoms with Crippen LogP contribution in [0.4, 0.5) is 0 Å². The van der Waals surface area contributed by atoms with E-state index in [-0.39, 0.29) is 18.1 Å². The minimum atomic E-state index is -2.16. The minimum absolute atomic E-state index is 0.277. The molecule has 0 aliphatic carbocycles. The molecule has 1 aromatic rings. The number of benzene rings is 1. The lowest BCUT2D eigenvalue weighted by molar-refractivity contribution is -0.162. The van der Waals surface area contributed by atoms with Crippen molar-refractivity contribution in [2.24, 2.45) is 5.41 Å². The van der Waals surface area contributed by atoms with Gasteiger partial charge in [0.25, 0.3) is 0 Å². The van der Waals surface area contributed by atoms with Crippen LogP contribution in [-0.4, -0.2) is 32.7 Å². The van der Waals surface area contributed by atoms with E-state index in [9.17, 15) is 9.59 Å². The van der Waals surface area contributed by atoms with Gasteiger partial charge in [0.15, 0.2) is 0 Å². The lowest BCUT2D eigenvalue weighted by atomic mass is 9.90. The number of hydrogen-bond donors (Lipinski definition) is 0.